The minimum Gasteiger partial charge on any atom is -0.350 e. The maximum atomic E-state index is 11.7. The molecule has 2 heteroatoms. The Morgan fingerprint density at radius 3 is 2.82 bits per heavy atom. The van der Waals surface area contributed by atoms with Crippen LogP contribution in [0.5, 0.6) is 0 Å². The van der Waals surface area contributed by atoms with Crippen LogP contribution in [-0.4, -0.2) is 11.9 Å². The van der Waals surface area contributed by atoms with E-state index in [-0.39, 0.29) is 5.91 Å². The molecule has 0 aromatic heterocycles. The van der Waals surface area contributed by atoms with Gasteiger partial charge in [-0.15, -0.1) is 0 Å². The van der Waals surface area contributed by atoms with Gasteiger partial charge in [0, 0.05) is 12.1 Å². The average molecular weight is 229 g/mol. The summed E-state index contributed by atoms with van der Waals surface area (Å²) in [5.74, 6) is 0.0263. The van der Waals surface area contributed by atoms with Gasteiger partial charge in [0.2, 0.25) is 5.91 Å². The number of hydrogen-bond donors (Lipinski definition) is 1. The molecule has 1 aromatic rings. The molecule has 1 aromatic carbocycles. The first-order chi connectivity index (χ1) is 8.24. The van der Waals surface area contributed by atoms with Gasteiger partial charge in [-0.25, -0.2) is 0 Å². The zero-order chi connectivity index (χ0) is 12.1. The van der Waals surface area contributed by atoms with Gasteiger partial charge in [-0.05, 0) is 31.4 Å². The van der Waals surface area contributed by atoms with Crippen molar-refractivity contribution in [2.45, 2.75) is 38.6 Å². The van der Waals surface area contributed by atoms with Crippen LogP contribution in [0.2, 0.25) is 0 Å². The summed E-state index contributed by atoms with van der Waals surface area (Å²) in [5, 5.41) is 3.04. The summed E-state index contributed by atoms with van der Waals surface area (Å²) in [5.41, 5.74) is 2.29. The Kier molecular flexibility index (Phi) is 3.97. The van der Waals surface area contributed by atoms with Gasteiger partial charge in [-0.3, -0.25) is 4.79 Å². The summed E-state index contributed by atoms with van der Waals surface area (Å²) in [6.45, 7) is 2.05. The fraction of sp³-hybridized carbons (Fsp3) is 0.400. The van der Waals surface area contributed by atoms with Crippen LogP contribution in [0.1, 0.15) is 36.8 Å². The lowest BCUT2D eigenvalue weighted by Crippen LogP contribution is -2.30. The highest BCUT2D eigenvalue weighted by Crippen LogP contribution is 2.17. The standard InChI is InChI=1S/C15H19NO/c1-12-5-4-6-13(11-12)9-10-15(17)16-14-7-2-3-8-14/h4-6,9-11,14H,2-3,7-8H2,1H3,(H,16,17). The summed E-state index contributed by atoms with van der Waals surface area (Å²) in [6.07, 6.45) is 8.25. The molecule has 17 heavy (non-hydrogen) atoms. The topological polar surface area (TPSA) is 29.1 Å². The maximum absolute atomic E-state index is 11.7. The van der Waals surface area contributed by atoms with Crippen LogP contribution < -0.4 is 5.32 Å². The van der Waals surface area contributed by atoms with Crippen molar-refractivity contribution in [1.29, 1.82) is 0 Å². The molecule has 0 bridgehead atoms. The zero-order valence-electron chi connectivity index (χ0n) is 10.3. The van der Waals surface area contributed by atoms with Crippen molar-refractivity contribution >= 4 is 12.0 Å². The first kappa shape index (κ1) is 11.9. The Hall–Kier alpha value is -1.57. The van der Waals surface area contributed by atoms with Crippen molar-refractivity contribution in [2.24, 2.45) is 0 Å². The summed E-state index contributed by atoms with van der Waals surface area (Å²) in [4.78, 5) is 11.7. The van der Waals surface area contributed by atoms with E-state index in [0.717, 1.165) is 18.4 Å². The van der Waals surface area contributed by atoms with E-state index in [1.54, 1.807) is 6.08 Å². The third-order valence-electron chi connectivity index (χ3n) is 3.17. The maximum Gasteiger partial charge on any atom is 0.244 e. The second-order valence-electron chi connectivity index (χ2n) is 4.74. The van der Waals surface area contributed by atoms with E-state index in [9.17, 15) is 4.79 Å². The quantitative estimate of drug-likeness (QED) is 0.793. The Morgan fingerprint density at radius 2 is 2.12 bits per heavy atom. The van der Waals surface area contributed by atoms with Crippen LogP contribution in [-0.2, 0) is 4.79 Å². The highest BCUT2D eigenvalue weighted by atomic mass is 16.1. The minimum absolute atomic E-state index is 0.0263. The molecule has 90 valence electrons. The number of hydrogen-bond acceptors (Lipinski definition) is 1. The van der Waals surface area contributed by atoms with Gasteiger partial charge in [0.25, 0.3) is 0 Å². The molecule has 2 rings (SSSR count). The SMILES string of the molecule is Cc1cccc(C=CC(=O)NC2CCCC2)c1. The van der Waals surface area contributed by atoms with E-state index in [4.69, 9.17) is 0 Å². The Morgan fingerprint density at radius 1 is 1.35 bits per heavy atom. The van der Waals surface area contributed by atoms with Crippen LogP contribution in [0.4, 0.5) is 0 Å². The van der Waals surface area contributed by atoms with Gasteiger partial charge in [-0.2, -0.15) is 0 Å². The molecule has 1 fully saturated rings. The van der Waals surface area contributed by atoms with Gasteiger partial charge in [0.15, 0.2) is 0 Å². The lowest BCUT2D eigenvalue weighted by molar-refractivity contribution is -0.117. The van der Waals surface area contributed by atoms with Crippen molar-refractivity contribution in [3.05, 3.63) is 41.5 Å². The Labute approximate surface area is 103 Å². The first-order valence-electron chi connectivity index (χ1n) is 6.29. The number of benzene rings is 1. The molecule has 0 aliphatic heterocycles. The molecule has 0 atom stereocenters. The van der Waals surface area contributed by atoms with E-state index in [1.165, 1.54) is 18.4 Å². The molecular formula is C15H19NO. The summed E-state index contributed by atoms with van der Waals surface area (Å²) < 4.78 is 0. The Balaban J connectivity index is 1.89. The molecule has 0 spiro atoms. The predicted octanol–water partition coefficient (Wildman–Crippen LogP) is 3.07. The van der Waals surface area contributed by atoms with Crippen LogP contribution in [0.25, 0.3) is 6.08 Å². The first-order valence-corrected chi connectivity index (χ1v) is 6.29. The highest BCUT2D eigenvalue weighted by Gasteiger charge is 2.15. The lowest BCUT2D eigenvalue weighted by atomic mass is 10.1. The lowest BCUT2D eigenvalue weighted by Gasteiger charge is -2.09. The molecule has 2 nitrogen and oxygen atoms in total. The van der Waals surface area contributed by atoms with E-state index in [2.05, 4.69) is 24.4 Å². The summed E-state index contributed by atoms with van der Waals surface area (Å²) in [7, 11) is 0. The second kappa shape index (κ2) is 5.67. The third kappa shape index (κ3) is 3.74. The smallest absolute Gasteiger partial charge is 0.244 e. The van der Waals surface area contributed by atoms with Crippen molar-refractivity contribution in [1.82, 2.24) is 5.32 Å². The van der Waals surface area contributed by atoms with Crippen molar-refractivity contribution < 1.29 is 4.79 Å². The van der Waals surface area contributed by atoms with E-state index < -0.39 is 0 Å². The van der Waals surface area contributed by atoms with Crippen molar-refractivity contribution in [2.75, 3.05) is 0 Å². The number of aryl methyl sites for hydroxylation is 1. The van der Waals surface area contributed by atoms with E-state index >= 15 is 0 Å². The molecule has 0 saturated heterocycles. The zero-order valence-corrected chi connectivity index (χ0v) is 10.3. The molecular weight excluding hydrogens is 210 g/mol. The molecule has 1 aliphatic rings. The third-order valence-corrected chi connectivity index (χ3v) is 3.17. The van der Waals surface area contributed by atoms with Crippen molar-refractivity contribution in [3.63, 3.8) is 0 Å². The monoisotopic (exact) mass is 229 g/mol. The second-order valence-corrected chi connectivity index (χ2v) is 4.74. The summed E-state index contributed by atoms with van der Waals surface area (Å²) >= 11 is 0. The number of nitrogens with one attached hydrogen (secondary N) is 1. The predicted molar refractivity (Wildman–Crippen MR) is 70.6 cm³/mol. The minimum atomic E-state index is 0.0263. The molecule has 1 aliphatic carbocycles. The number of carbonyl (C=O) groups is 1. The molecule has 0 heterocycles. The molecule has 1 amide bonds. The average Bonchev–Trinajstić information content (AvgIpc) is 2.79. The molecule has 0 unspecified atom stereocenters. The van der Waals surface area contributed by atoms with E-state index in [1.807, 2.05) is 18.2 Å². The van der Waals surface area contributed by atoms with Gasteiger partial charge >= 0.3 is 0 Å². The molecule has 1 saturated carbocycles. The fourth-order valence-corrected chi connectivity index (χ4v) is 2.27. The van der Waals surface area contributed by atoms with E-state index in [0.29, 0.717) is 6.04 Å². The number of carbonyl (C=O) groups excluding carboxylic acids is 1. The van der Waals surface area contributed by atoms with Gasteiger partial charge in [0.05, 0.1) is 0 Å². The van der Waals surface area contributed by atoms with Gasteiger partial charge in [-0.1, -0.05) is 42.7 Å². The van der Waals surface area contributed by atoms with Gasteiger partial charge in [0.1, 0.15) is 0 Å². The Bertz CT molecular complexity index is 417. The highest BCUT2D eigenvalue weighted by molar-refractivity contribution is 5.91. The fourth-order valence-electron chi connectivity index (χ4n) is 2.27. The van der Waals surface area contributed by atoms with Crippen LogP contribution in [0.3, 0.4) is 0 Å². The van der Waals surface area contributed by atoms with Crippen LogP contribution in [0, 0.1) is 6.92 Å². The largest absolute Gasteiger partial charge is 0.350 e. The number of rotatable bonds is 3. The van der Waals surface area contributed by atoms with Crippen molar-refractivity contribution in [3.8, 4) is 0 Å². The molecule has 0 radical (unpaired) electrons. The van der Waals surface area contributed by atoms with Crippen LogP contribution in [0.15, 0.2) is 30.3 Å². The molecule has 1 N–H and O–H groups in total. The normalized spacial score (nSPS) is 16.5. The van der Waals surface area contributed by atoms with Crippen LogP contribution >= 0.6 is 0 Å². The summed E-state index contributed by atoms with van der Waals surface area (Å²) in [6, 6.07) is 8.52. The number of amides is 1. The van der Waals surface area contributed by atoms with Gasteiger partial charge < -0.3 is 5.32 Å².